The summed E-state index contributed by atoms with van der Waals surface area (Å²) in [5, 5.41) is 4.84. The minimum absolute atomic E-state index is 0.153. The summed E-state index contributed by atoms with van der Waals surface area (Å²) in [5.41, 5.74) is 6.85. The molecule has 0 atom stereocenters. The van der Waals surface area contributed by atoms with Crippen molar-refractivity contribution in [1.29, 1.82) is 0 Å². The van der Waals surface area contributed by atoms with Gasteiger partial charge in [0.05, 0.1) is 18.8 Å². The van der Waals surface area contributed by atoms with Gasteiger partial charge in [0.15, 0.2) is 0 Å². The van der Waals surface area contributed by atoms with Crippen molar-refractivity contribution >= 4 is 38.9 Å². The van der Waals surface area contributed by atoms with Gasteiger partial charge in [0.2, 0.25) is 0 Å². The summed E-state index contributed by atoms with van der Waals surface area (Å²) in [7, 11) is 0. The summed E-state index contributed by atoms with van der Waals surface area (Å²) < 4.78 is 6.35. The highest BCUT2D eigenvalue weighted by atomic mass is 79.9. The average molecular weight is 355 g/mol. The van der Waals surface area contributed by atoms with Crippen LogP contribution in [-0.2, 0) is 6.54 Å². The highest BCUT2D eigenvalue weighted by molar-refractivity contribution is 9.10. The fourth-order valence-corrected chi connectivity index (χ4v) is 3.12. The molecule has 4 nitrogen and oxygen atoms in total. The van der Waals surface area contributed by atoms with Gasteiger partial charge in [-0.15, -0.1) is 11.3 Å². The third-order valence-electron chi connectivity index (χ3n) is 2.67. The van der Waals surface area contributed by atoms with E-state index in [1.54, 1.807) is 29.5 Å². The van der Waals surface area contributed by atoms with Crippen molar-refractivity contribution in [2.75, 3.05) is 12.3 Å². The standard InChI is InChI=1S/C14H15BrN2O2S/c1-2-19-12-4-3-9(7-11(12)16)14(18)17-8-13-10(15)5-6-20-13/h3-7H,2,8,16H2,1H3,(H,17,18). The van der Waals surface area contributed by atoms with Gasteiger partial charge in [-0.2, -0.15) is 0 Å². The third-order valence-corrected chi connectivity index (χ3v) is 4.60. The molecule has 0 fully saturated rings. The van der Waals surface area contributed by atoms with E-state index in [9.17, 15) is 4.79 Å². The van der Waals surface area contributed by atoms with Crippen LogP contribution in [0.2, 0.25) is 0 Å². The number of benzene rings is 1. The third kappa shape index (κ3) is 3.52. The molecule has 0 bridgehead atoms. The van der Waals surface area contributed by atoms with E-state index in [0.29, 0.717) is 30.2 Å². The quantitative estimate of drug-likeness (QED) is 0.808. The number of carbonyl (C=O) groups excluding carboxylic acids is 1. The van der Waals surface area contributed by atoms with Crippen molar-refractivity contribution in [2.45, 2.75) is 13.5 Å². The average Bonchev–Trinajstić information content (AvgIpc) is 2.84. The molecule has 2 aromatic rings. The van der Waals surface area contributed by atoms with Crippen molar-refractivity contribution in [2.24, 2.45) is 0 Å². The second-order valence-electron chi connectivity index (χ2n) is 4.06. The molecular weight excluding hydrogens is 340 g/mol. The Hall–Kier alpha value is -1.53. The summed E-state index contributed by atoms with van der Waals surface area (Å²) in [6.07, 6.45) is 0. The van der Waals surface area contributed by atoms with Crippen molar-refractivity contribution in [1.82, 2.24) is 5.32 Å². The largest absolute Gasteiger partial charge is 0.492 e. The summed E-state index contributed by atoms with van der Waals surface area (Å²) in [5.74, 6) is 0.449. The van der Waals surface area contributed by atoms with E-state index in [4.69, 9.17) is 10.5 Å². The number of halogens is 1. The Morgan fingerprint density at radius 3 is 2.85 bits per heavy atom. The molecule has 0 unspecified atom stereocenters. The number of rotatable bonds is 5. The van der Waals surface area contributed by atoms with Crippen LogP contribution in [0.25, 0.3) is 0 Å². The minimum Gasteiger partial charge on any atom is -0.492 e. The van der Waals surface area contributed by atoms with Gasteiger partial charge in [0, 0.05) is 14.9 Å². The minimum atomic E-state index is -0.153. The molecule has 2 rings (SSSR count). The molecular formula is C14H15BrN2O2S. The Labute approximate surface area is 130 Å². The van der Waals surface area contributed by atoms with Crippen LogP contribution in [-0.4, -0.2) is 12.5 Å². The molecule has 1 aromatic heterocycles. The number of hydrogen-bond donors (Lipinski definition) is 2. The van der Waals surface area contributed by atoms with Gasteiger partial charge in [0.25, 0.3) is 5.91 Å². The smallest absolute Gasteiger partial charge is 0.251 e. The second kappa shape index (κ2) is 6.76. The van der Waals surface area contributed by atoms with Gasteiger partial charge in [-0.1, -0.05) is 0 Å². The maximum atomic E-state index is 12.1. The Morgan fingerprint density at radius 2 is 2.25 bits per heavy atom. The monoisotopic (exact) mass is 354 g/mol. The molecule has 0 aliphatic rings. The van der Waals surface area contributed by atoms with Crippen molar-refractivity contribution in [3.63, 3.8) is 0 Å². The summed E-state index contributed by atoms with van der Waals surface area (Å²) in [4.78, 5) is 13.1. The van der Waals surface area contributed by atoms with E-state index in [1.165, 1.54) is 0 Å². The van der Waals surface area contributed by atoms with Crippen LogP contribution in [0, 0.1) is 0 Å². The molecule has 0 aliphatic carbocycles. The number of nitrogens with one attached hydrogen (secondary N) is 1. The Balaban J connectivity index is 2.02. The molecule has 6 heteroatoms. The zero-order valence-electron chi connectivity index (χ0n) is 11.0. The molecule has 106 valence electrons. The van der Waals surface area contributed by atoms with Gasteiger partial charge < -0.3 is 15.8 Å². The number of nitrogen functional groups attached to an aromatic ring is 1. The first-order chi connectivity index (χ1) is 9.61. The highest BCUT2D eigenvalue weighted by Gasteiger charge is 2.10. The van der Waals surface area contributed by atoms with Crippen LogP contribution >= 0.6 is 27.3 Å². The van der Waals surface area contributed by atoms with Gasteiger partial charge in [0.1, 0.15) is 5.75 Å². The molecule has 0 saturated carbocycles. The fraction of sp³-hybridized carbons (Fsp3) is 0.214. The topological polar surface area (TPSA) is 64.3 Å². The van der Waals surface area contributed by atoms with E-state index in [1.807, 2.05) is 18.4 Å². The molecule has 1 aromatic carbocycles. The van der Waals surface area contributed by atoms with E-state index < -0.39 is 0 Å². The number of carbonyl (C=O) groups is 1. The molecule has 0 saturated heterocycles. The highest BCUT2D eigenvalue weighted by Crippen LogP contribution is 2.24. The maximum absolute atomic E-state index is 12.1. The lowest BCUT2D eigenvalue weighted by molar-refractivity contribution is 0.0951. The lowest BCUT2D eigenvalue weighted by Crippen LogP contribution is -2.22. The van der Waals surface area contributed by atoms with Crippen molar-refractivity contribution in [3.05, 3.63) is 44.6 Å². The number of amides is 1. The first kappa shape index (κ1) is 14.9. The Bertz CT molecular complexity index is 613. The molecule has 0 aliphatic heterocycles. The van der Waals surface area contributed by atoms with E-state index in [2.05, 4.69) is 21.2 Å². The summed E-state index contributed by atoms with van der Waals surface area (Å²) in [6.45, 7) is 2.92. The van der Waals surface area contributed by atoms with Crippen LogP contribution in [0.15, 0.2) is 34.1 Å². The molecule has 0 radical (unpaired) electrons. The molecule has 20 heavy (non-hydrogen) atoms. The van der Waals surface area contributed by atoms with Crippen LogP contribution in [0.5, 0.6) is 5.75 Å². The predicted octanol–water partition coefficient (Wildman–Crippen LogP) is 3.42. The Morgan fingerprint density at radius 1 is 1.45 bits per heavy atom. The van der Waals surface area contributed by atoms with Crippen molar-refractivity contribution in [3.8, 4) is 5.75 Å². The van der Waals surface area contributed by atoms with E-state index >= 15 is 0 Å². The second-order valence-corrected chi connectivity index (χ2v) is 5.92. The first-order valence-electron chi connectivity index (χ1n) is 6.14. The summed E-state index contributed by atoms with van der Waals surface area (Å²) in [6, 6.07) is 7.01. The maximum Gasteiger partial charge on any atom is 0.251 e. The van der Waals surface area contributed by atoms with Crippen molar-refractivity contribution < 1.29 is 9.53 Å². The molecule has 1 heterocycles. The molecule has 1 amide bonds. The fourth-order valence-electron chi connectivity index (χ4n) is 1.69. The number of ether oxygens (including phenoxy) is 1. The van der Waals surface area contributed by atoms with Gasteiger partial charge >= 0.3 is 0 Å². The summed E-state index contributed by atoms with van der Waals surface area (Å²) >= 11 is 5.03. The van der Waals surface area contributed by atoms with Gasteiger partial charge in [-0.25, -0.2) is 0 Å². The zero-order chi connectivity index (χ0) is 14.5. The van der Waals surface area contributed by atoms with E-state index in [0.717, 1.165) is 9.35 Å². The van der Waals surface area contributed by atoms with Gasteiger partial charge in [-0.3, -0.25) is 4.79 Å². The normalized spacial score (nSPS) is 10.3. The van der Waals surface area contributed by atoms with Gasteiger partial charge in [-0.05, 0) is 52.5 Å². The molecule has 0 spiro atoms. The van der Waals surface area contributed by atoms with Crippen LogP contribution in [0.4, 0.5) is 5.69 Å². The SMILES string of the molecule is CCOc1ccc(C(=O)NCc2sccc2Br)cc1N. The first-order valence-corrected chi connectivity index (χ1v) is 7.81. The predicted molar refractivity (Wildman–Crippen MR) is 85.2 cm³/mol. The zero-order valence-corrected chi connectivity index (χ0v) is 13.4. The lowest BCUT2D eigenvalue weighted by Gasteiger charge is -2.09. The van der Waals surface area contributed by atoms with E-state index in [-0.39, 0.29) is 5.91 Å². The van der Waals surface area contributed by atoms with Crippen LogP contribution < -0.4 is 15.8 Å². The number of thiophene rings is 1. The number of nitrogens with two attached hydrogens (primary N) is 1. The number of anilines is 1. The Kier molecular flexibility index (Phi) is 5.03. The van der Waals surface area contributed by atoms with Crippen LogP contribution in [0.1, 0.15) is 22.2 Å². The number of hydrogen-bond acceptors (Lipinski definition) is 4. The molecule has 3 N–H and O–H groups in total. The lowest BCUT2D eigenvalue weighted by atomic mass is 10.1. The van der Waals surface area contributed by atoms with Crippen LogP contribution in [0.3, 0.4) is 0 Å².